The van der Waals surface area contributed by atoms with E-state index in [9.17, 15) is 9.90 Å². The van der Waals surface area contributed by atoms with Gasteiger partial charge in [0.05, 0.1) is 7.11 Å². The highest BCUT2D eigenvalue weighted by atomic mass is 32.1. The minimum absolute atomic E-state index is 0.608. The van der Waals surface area contributed by atoms with Crippen molar-refractivity contribution in [3.05, 3.63) is 22.4 Å². The van der Waals surface area contributed by atoms with Crippen molar-refractivity contribution in [1.29, 1.82) is 0 Å². The number of ether oxygens (including phenoxy) is 1. The summed E-state index contributed by atoms with van der Waals surface area (Å²) in [5, 5.41) is 11.0. The predicted octanol–water partition coefficient (Wildman–Crippen LogP) is 0.954. The van der Waals surface area contributed by atoms with Crippen LogP contribution in [0.25, 0.3) is 0 Å². The number of methoxy groups -OCH3 is 1. The van der Waals surface area contributed by atoms with Crippen LogP contribution in [-0.4, -0.2) is 18.2 Å². The molecule has 1 aromatic heterocycles. The topological polar surface area (TPSA) is 46.5 Å². The van der Waals surface area contributed by atoms with Gasteiger partial charge in [-0.2, -0.15) is 0 Å². The molecule has 3 nitrogen and oxygen atoms in total. The first-order valence-corrected chi connectivity index (χ1v) is 3.93. The summed E-state index contributed by atoms with van der Waals surface area (Å²) in [5.74, 6) is -0.618. The third-order valence-electron chi connectivity index (χ3n) is 1.24. The van der Waals surface area contributed by atoms with Gasteiger partial charge < -0.3 is 9.84 Å². The predicted molar refractivity (Wildman–Crippen MR) is 41.3 cm³/mol. The summed E-state index contributed by atoms with van der Waals surface area (Å²) in [6.07, 6.45) is -1.12. The molecule has 0 spiro atoms. The van der Waals surface area contributed by atoms with E-state index in [-0.39, 0.29) is 0 Å². The molecule has 4 heteroatoms. The average Bonchev–Trinajstić information content (AvgIpc) is 2.53. The van der Waals surface area contributed by atoms with E-state index in [1.54, 1.807) is 17.5 Å². The first-order chi connectivity index (χ1) is 5.25. The van der Waals surface area contributed by atoms with Crippen LogP contribution in [0.2, 0.25) is 0 Å². The summed E-state index contributed by atoms with van der Waals surface area (Å²) < 4.78 is 4.35. The maximum absolute atomic E-state index is 10.7. The molecule has 1 heterocycles. The second kappa shape index (κ2) is 3.50. The lowest BCUT2D eigenvalue weighted by molar-refractivity contribution is -0.150. The SMILES string of the molecule is COC(=O)[C@H](O)c1cccs1. The fourth-order valence-corrected chi connectivity index (χ4v) is 1.37. The van der Waals surface area contributed by atoms with Gasteiger partial charge in [0, 0.05) is 4.88 Å². The van der Waals surface area contributed by atoms with Crippen LogP contribution in [0.4, 0.5) is 0 Å². The third-order valence-corrected chi connectivity index (χ3v) is 2.16. The van der Waals surface area contributed by atoms with Gasteiger partial charge in [-0.3, -0.25) is 0 Å². The van der Waals surface area contributed by atoms with E-state index in [4.69, 9.17) is 0 Å². The molecule has 1 N–H and O–H groups in total. The smallest absolute Gasteiger partial charge is 0.340 e. The Labute approximate surface area is 68.2 Å². The highest BCUT2D eigenvalue weighted by molar-refractivity contribution is 7.10. The molecule has 1 aromatic rings. The molecular formula is C7H8O3S. The highest BCUT2D eigenvalue weighted by Crippen LogP contribution is 2.19. The number of carbonyl (C=O) groups excluding carboxylic acids is 1. The Morgan fingerprint density at radius 2 is 2.55 bits per heavy atom. The van der Waals surface area contributed by atoms with Crippen molar-refractivity contribution in [1.82, 2.24) is 0 Å². The maximum Gasteiger partial charge on any atom is 0.340 e. The summed E-state index contributed by atoms with van der Waals surface area (Å²) in [4.78, 5) is 11.4. The molecule has 11 heavy (non-hydrogen) atoms. The number of hydrogen-bond donors (Lipinski definition) is 1. The summed E-state index contributed by atoms with van der Waals surface area (Å²) in [7, 11) is 1.25. The van der Waals surface area contributed by atoms with E-state index in [1.807, 2.05) is 0 Å². The Balaban J connectivity index is 2.70. The zero-order valence-corrected chi connectivity index (χ0v) is 6.80. The van der Waals surface area contributed by atoms with Crippen molar-refractivity contribution in [3.63, 3.8) is 0 Å². The monoisotopic (exact) mass is 172 g/mol. The molecule has 0 saturated heterocycles. The molecule has 0 radical (unpaired) electrons. The second-order valence-corrected chi connectivity index (χ2v) is 2.92. The van der Waals surface area contributed by atoms with Gasteiger partial charge >= 0.3 is 5.97 Å². The highest BCUT2D eigenvalue weighted by Gasteiger charge is 2.17. The number of hydrogen-bond acceptors (Lipinski definition) is 4. The Morgan fingerprint density at radius 1 is 1.82 bits per heavy atom. The molecule has 0 aliphatic rings. The summed E-state index contributed by atoms with van der Waals surface area (Å²) >= 11 is 1.32. The minimum Gasteiger partial charge on any atom is -0.467 e. The number of aliphatic hydroxyl groups excluding tert-OH is 1. The second-order valence-electron chi connectivity index (χ2n) is 1.94. The molecule has 1 rings (SSSR count). The summed E-state index contributed by atoms with van der Waals surface area (Å²) in [5.41, 5.74) is 0. The van der Waals surface area contributed by atoms with Gasteiger partial charge in [-0.15, -0.1) is 11.3 Å². The van der Waals surface area contributed by atoms with Gasteiger partial charge in [-0.05, 0) is 11.4 Å². The van der Waals surface area contributed by atoms with Crippen molar-refractivity contribution in [2.24, 2.45) is 0 Å². The van der Waals surface area contributed by atoms with Crippen LogP contribution < -0.4 is 0 Å². The van der Waals surface area contributed by atoms with Gasteiger partial charge in [0.15, 0.2) is 6.10 Å². The molecule has 0 fully saturated rings. The van der Waals surface area contributed by atoms with Gasteiger partial charge in [0.2, 0.25) is 0 Å². The van der Waals surface area contributed by atoms with E-state index in [0.717, 1.165) is 0 Å². The number of carbonyl (C=O) groups is 1. The first-order valence-electron chi connectivity index (χ1n) is 3.05. The van der Waals surface area contributed by atoms with E-state index in [1.165, 1.54) is 18.4 Å². The van der Waals surface area contributed by atoms with Crippen LogP contribution in [0.3, 0.4) is 0 Å². The van der Waals surface area contributed by atoms with E-state index >= 15 is 0 Å². The lowest BCUT2D eigenvalue weighted by Crippen LogP contribution is -2.11. The number of rotatable bonds is 2. The number of thiophene rings is 1. The molecule has 0 amide bonds. The average molecular weight is 172 g/mol. The molecule has 0 aliphatic carbocycles. The van der Waals surface area contributed by atoms with Crippen molar-refractivity contribution >= 4 is 17.3 Å². The van der Waals surface area contributed by atoms with E-state index < -0.39 is 12.1 Å². The molecule has 0 aromatic carbocycles. The summed E-state index contributed by atoms with van der Waals surface area (Å²) in [6, 6.07) is 3.46. The molecule has 0 saturated carbocycles. The molecule has 0 bridgehead atoms. The van der Waals surface area contributed by atoms with Crippen molar-refractivity contribution in [2.45, 2.75) is 6.10 Å². The zero-order valence-electron chi connectivity index (χ0n) is 5.98. The van der Waals surface area contributed by atoms with Gasteiger partial charge in [-0.1, -0.05) is 6.07 Å². The Bertz CT molecular complexity index is 230. The largest absolute Gasteiger partial charge is 0.467 e. The first kappa shape index (κ1) is 8.23. The fraction of sp³-hybridized carbons (Fsp3) is 0.286. The standard InChI is InChI=1S/C7H8O3S/c1-10-7(9)6(8)5-3-2-4-11-5/h2-4,6,8H,1H3/t6-/m1/s1. The van der Waals surface area contributed by atoms with Crippen LogP contribution in [0.5, 0.6) is 0 Å². The lowest BCUT2D eigenvalue weighted by atomic mass is 10.3. The Morgan fingerprint density at radius 3 is 3.00 bits per heavy atom. The third kappa shape index (κ3) is 1.78. The number of aliphatic hydroxyl groups is 1. The molecule has 0 unspecified atom stereocenters. The Kier molecular flexibility index (Phi) is 2.62. The van der Waals surface area contributed by atoms with Gasteiger partial charge in [0.25, 0.3) is 0 Å². The molecule has 0 aliphatic heterocycles. The minimum atomic E-state index is -1.12. The molecular weight excluding hydrogens is 164 g/mol. The van der Waals surface area contributed by atoms with Crippen molar-refractivity contribution in [3.8, 4) is 0 Å². The quantitative estimate of drug-likeness (QED) is 0.676. The van der Waals surface area contributed by atoms with E-state index in [2.05, 4.69) is 4.74 Å². The molecule has 60 valence electrons. The van der Waals surface area contributed by atoms with Crippen molar-refractivity contribution in [2.75, 3.05) is 7.11 Å². The van der Waals surface area contributed by atoms with Crippen LogP contribution in [0, 0.1) is 0 Å². The van der Waals surface area contributed by atoms with Gasteiger partial charge in [0.1, 0.15) is 0 Å². The van der Waals surface area contributed by atoms with Crippen LogP contribution in [-0.2, 0) is 9.53 Å². The van der Waals surface area contributed by atoms with E-state index in [0.29, 0.717) is 4.88 Å². The molecule has 1 atom stereocenters. The summed E-state index contributed by atoms with van der Waals surface area (Å²) in [6.45, 7) is 0. The zero-order chi connectivity index (χ0) is 8.27. The van der Waals surface area contributed by atoms with Crippen LogP contribution in [0.15, 0.2) is 17.5 Å². The Hall–Kier alpha value is -0.870. The van der Waals surface area contributed by atoms with Crippen LogP contribution in [0.1, 0.15) is 11.0 Å². The van der Waals surface area contributed by atoms with Crippen LogP contribution >= 0.6 is 11.3 Å². The van der Waals surface area contributed by atoms with Gasteiger partial charge in [-0.25, -0.2) is 4.79 Å². The van der Waals surface area contributed by atoms with Crippen molar-refractivity contribution < 1.29 is 14.6 Å². The lowest BCUT2D eigenvalue weighted by Gasteiger charge is -2.03. The maximum atomic E-state index is 10.7. The fourth-order valence-electron chi connectivity index (χ4n) is 0.675. The normalized spacial score (nSPS) is 12.5. The number of esters is 1.